The lowest BCUT2D eigenvalue weighted by molar-refractivity contribution is 0.187. The quantitative estimate of drug-likeness (QED) is 0.867. The second kappa shape index (κ2) is 5.20. The molecule has 0 radical (unpaired) electrons. The Morgan fingerprint density at radius 2 is 2.10 bits per heavy atom. The minimum Gasteiger partial charge on any atom is -0.497 e. The molecule has 1 aliphatic heterocycles. The maximum Gasteiger partial charge on any atom is 0.146 e. The van der Waals surface area contributed by atoms with E-state index in [0.717, 1.165) is 18.6 Å². The third-order valence-electron chi connectivity index (χ3n) is 3.44. The van der Waals surface area contributed by atoms with Crippen LogP contribution < -0.4 is 4.74 Å². The van der Waals surface area contributed by atoms with E-state index < -0.39 is 11.6 Å². The van der Waals surface area contributed by atoms with E-state index >= 15 is 0 Å². The Morgan fingerprint density at radius 3 is 2.70 bits per heavy atom. The Hall–Kier alpha value is -1.95. The summed E-state index contributed by atoms with van der Waals surface area (Å²) in [5.41, 5.74) is -0.136. The van der Waals surface area contributed by atoms with Gasteiger partial charge in [-0.05, 0) is 6.42 Å². The van der Waals surface area contributed by atoms with E-state index in [-0.39, 0.29) is 23.2 Å². The zero-order valence-corrected chi connectivity index (χ0v) is 11.0. The highest BCUT2D eigenvalue weighted by molar-refractivity contribution is 5.59. The summed E-state index contributed by atoms with van der Waals surface area (Å²) >= 11 is 0. The molecule has 0 spiro atoms. The first-order chi connectivity index (χ1) is 9.70. The number of benzene rings is 1. The van der Waals surface area contributed by atoms with Gasteiger partial charge in [-0.3, -0.25) is 0 Å². The number of hydrogen-bond acceptors (Lipinski definition) is 3. The van der Waals surface area contributed by atoms with E-state index in [4.69, 9.17) is 9.47 Å². The van der Waals surface area contributed by atoms with Crippen molar-refractivity contribution in [1.29, 1.82) is 0 Å². The van der Waals surface area contributed by atoms with Crippen LogP contribution in [0.15, 0.2) is 24.5 Å². The van der Waals surface area contributed by atoms with Crippen molar-refractivity contribution in [3.05, 3.63) is 36.2 Å². The zero-order valence-electron chi connectivity index (χ0n) is 11.0. The molecule has 1 saturated heterocycles. The van der Waals surface area contributed by atoms with Crippen molar-refractivity contribution in [2.24, 2.45) is 0 Å². The van der Waals surface area contributed by atoms with Crippen LogP contribution in [0.2, 0.25) is 0 Å². The second-order valence-electron chi connectivity index (χ2n) is 4.64. The van der Waals surface area contributed by atoms with Gasteiger partial charge < -0.3 is 14.0 Å². The molecular formula is C14H14F2N2O2. The summed E-state index contributed by atoms with van der Waals surface area (Å²) in [6.45, 7) is 1.18. The lowest BCUT2D eigenvalue weighted by Crippen LogP contribution is -2.10. The first kappa shape index (κ1) is 13.1. The molecule has 1 aliphatic rings. The van der Waals surface area contributed by atoms with Crippen LogP contribution in [0.4, 0.5) is 8.78 Å². The number of nitrogens with zero attached hydrogens (tertiary/aromatic N) is 2. The van der Waals surface area contributed by atoms with Crippen molar-refractivity contribution in [3.63, 3.8) is 0 Å². The lowest BCUT2D eigenvalue weighted by Gasteiger charge is -2.15. The van der Waals surface area contributed by atoms with Crippen LogP contribution in [0.25, 0.3) is 11.4 Å². The van der Waals surface area contributed by atoms with Gasteiger partial charge in [0.25, 0.3) is 0 Å². The van der Waals surface area contributed by atoms with Gasteiger partial charge >= 0.3 is 0 Å². The Morgan fingerprint density at radius 1 is 1.35 bits per heavy atom. The normalized spacial score (nSPS) is 18.4. The molecule has 20 heavy (non-hydrogen) atoms. The molecule has 0 N–H and O–H groups in total. The summed E-state index contributed by atoms with van der Waals surface area (Å²) in [4.78, 5) is 4.09. The van der Waals surface area contributed by atoms with Gasteiger partial charge in [0.1, 0.15) is 23.2 Å². The lowest BCUT2D eigenvalue weighted by atomic mass is 10.1. The van der Waals surface area contributed by atoms with E-state index in [1.807, 2.05) is 0 Å². The van der Waals surface area contributed by atoms with Crippen LogP contribution >= 0.6 is 0 Å². The molecule has 2 aromatic rings. The van der Waals surface area contributed by atoms with Crippen molar-refractivity contribution in [2.75, 3.05) is 20.3 Å². The molecule has 4 nitrogen and oxygen atoms in total. The van der Waals surface area contributed by atoms with Gasteiger partial charge in [0.05, 0.1) is 25.3 Å². The highest BCUT2D eigenvalue weighted by Crippen LogP contribution is 2.31. The van der Waals surface area contributed by atoms with Crippen LogP contribution in [0.5, 0.6) is 5.75 Å². The molecule has 1 aromatic heterocycles. The molecule has 0 aliphatic carbocycles. The number of imidazole rings is 1. The molecule has 1 atom stereocenters. The number of methoxy groups -OCH3 is 1. The third kappa shape index (κ3) is 2.16. The molecule has 0 saturated carbocycles. The van der Waals surface area contributed by atoms with Gasteiger partial charge in [0.2, 0.25) is 0 Å². The Bertz CT molecular complexity index is 598. The van der Waals surface area contributed by atoms with Crippen molar-refractivity contribution in [2.45, 2.75) is 12.5 Å². The van der Waals surface area contributed by atoms with Crippen LogP contribution in [0.3, 0.4) is 0 Å². The van der Waals surface area contributed by atoms with Crippen LogP contribution in [-0.4, -0.2) is 29.9 Å². The first-order valence-electron chi connectivity index (χ1n) is 6.34. The van der Waals surface area contributed by atoms with Gasteiger partial charge in [-0.1, -0.05) is 0 Å². The summed E-state index contributed by atoms with van der Waals surface area (Å²) in [6, 6.07) is 2.37. The van der Waals surface area contributed by atoms with Crippen LogP contribution in [0, 0.1) is 11.6 Å². The average Bonchev–Trinajstić information content (AvgIpc) is 3.07. The van der Waals surface area contributed by atoms with Gasteiger partial charge in [-0.2, -0.15) is 0 Å². The number of halogens is 2. The predicted octanol–water partition coefficient (Wildman–Crippen LogP) is 2.80. The van der Waals surface area contributed by atoms with Gasteiger partial charge in [0, 0.05) is 31.1 Å². The maximum atomic E-state index is 14.1. The summed E-state index contributed by atoms with van der Waals surface area (Å²) in [5, 5.41) is 0. The van der Waals surface area contributed by atoms with Crippen molar-refractivity contribution in [3.8, 4) is 17.1 Å². The molecule has 3 rings (SSSR count). The minimum atomic E-state index is -0.687. The number of aromatic nitrogens is 2. The molecular weight excluding hydrogens is 266 g/mol. The topological polar surface area (TPSA) is 36.3 Å². The fraction of sp³-hybridized carbons (Fsp3) is 0.357. The molecule has 0 amide bonds. The fourth-order valence-electron chi connectivity index (χ4n) is 2.42. The van der Waals surface area contributed by atoms with Crippen molar-refractivity contribution in [1.82, 2.24) is 9.55 Å². The highest BCUT2D eigenvalue weighted by atomic mass is 19.1. The number of hydrogen-bond donors (Lipinski definition) is 0. The SMILES string of the molecule is COc1cc(F)c(-c2nccn2C2CCOC2)c(F)c1. The summed E-state index contributed by atoms with van der Waals surface area (Å²) in [6.07, 6.45) is 4.07. The predicted molar refractivity (Wildman–Crippen MR) is 68.6 cm³/mol. The summed E-state index contributed by atoms with van der Waals surface area (Å²) < 4.78 is 40.2. The highest BCUT2D eigenvalue weighted by Gasteiger charge is 2.24. The molecule has 0 bridgehead atoms. The monoisotopic (exact) mass is 280 g/mol. The van der Waals surface area contributed by atoms with Crippen LogP contribution in [0.1, 0.15) is 12.5 Å². The molecule has 1 unspecified atom stereocenters. The molecule has 1 aromatic carbocycles. The van der Waals surface area contributed by atoms with Crippen molar-refractivity contribution < 1.29 is 18.3 Å². The number of rotatable bonds is 3. The molecule has 6 heteroatoms. The Kier molecular flexibility index (Phi) is 3.40. The maximum absolute atomic E-state index is 14.1. The Balaban J connectivity index is 2.07. The second-order valence-corrected chi connectivity index (χ2v) is 4.64. The third-order valence-corrected chi connectivity index (χ3v) is 3.44. The molecule has 2 heterocycles. The van der Waals surface area contributed by atoms with Gasteiger partial charge in [0.15, 0.2) is 0 Å². The van der Waals surface area contributed by atoms with Crippen LogP contribution in [-0.2, 0) is 4.74 Å². The van der Waals surface area contributed by atoms with E-state index in [1.165, 1.54) is 13.3 Å². The van der Waals surface area contributed by atoms with E-state index in [9.17, 15) is 8.78 Å². The van der Waals surface area contributed by atoms with E-state index in [2.05, 4.69) is 4.98 Å². The van der Waals surface area contributed by atoms with Gasteiger partial charge in [-0.25, -0.2) is 13.8 Å². The first-order valence-corrected chi connectivity index (χ1v) is 6.34. The fourth-order valence-corrected chi connectivity index (χ4v) is 2.42. The Labute approximate surface area is 115 Å². The molecule has 1 fully saturated rings. The van der Waals surface area contributed by atoms with Crippen molar-refractivity contribution >= 4 is 0 Å². The minimum absolute atomic E-state index is 0.0633. The zero-order chi connectivity index (χ0) is 14.1. The standard InChI is InChI=1S/C14H14F2N2O2/c1-19-10-6-11(15)13(12(16)7-10)14-17-3-4-18(14)9-2-5-20-8-9/h3-4,6-7,9H,2,5,8H2,1H3. The smallest absolute Gasteiger partial charge is 0.146 e. The van der Waals surface area contributed by atoms with E-state index in [1.54, 1.807) is 10.8 Å². The van der Waals surface area contributed by atoms with E-state index in [0.29, 0.717) is 13.2 Å². The van der Waals surface area contributed by atoms with Gasteiger partial charge in [-0.15, -0.1) is 0 Å². The largest absolute Gasteiger partial charge is 0.497 e. The molecule has 106 valence electrons. The summed E-state index contributed by atoms with van der Waals surface area (Å²) in [7, 11) is 1.37. The summed E-state index contributed by atoms with van der Waals surface area (Å²) in [5.74, 6) is -0.953. The average molecular weight is 280 g/mol. The number of ether oxygens (including phenoxy) is 2.